The summed E-state index contributed by atoms with van der Waals surface area (Å²) in [6.07, 6.45) is -0.179. The number of hydrogen-bond donors (Lipinski definition) is 2. The zero-order valence-corrected chi connectivity index (χ0v) is 11.4. The third kappa shape index (κ3) is 5.81. The Morgan fingerprint density at radius 3 is 2.74 bits per heavy atom. The fourth-order valence-corrected chi connectivity index (χ4v) is 1.41. The van der Waals surface area contributed by atoms with Crippen molar-refractivity contribution in [3.63, 3.8) is 0 Å². The van der Waals surface area contributed by atoms with Crippen molar-refractivity contribution >= 4 is 6.29 Å². The molecule has 0 aliphatic rings. The second-order valence-electron chi connectivity index (χ2n) is 5.40. The summed E-state index contributed by atoms with van der Waals surface area (Å²) in [6.45, 7) is 6.39. The molecule has 1 unspecified atom stereocenters. The van der Waals surface area contributed by atoms with Crippen molar-refractivity contribution in [1.82, 2.24) is 5.32 Å². The highest BCUT2D eigenvalue weighted by atomic mass is 19.1. The summed E-state index contributed by atoms with van der Waals surface area (Å²) >= 11 is 0. The molecule has 19 heavy (non-hydrogen) atoms. The van der Waals surface area contributed by atoms with E-state index in [1.807, 2.05) is 20.8 Å². The van der Waals surface area contributed by atoms with Crippen LogP contribution in [0, 0.1) is 5.82 Å². The molecule has 0 heterocycles. The van der Waals surface area contributed by atoms with Crippen molar-refractivity contribution in [2.45, 2.75) is 32.4 Å². The fraction of sp³-hybridized carbons (Fsp3) is 0.500. The Kier molecular flexibility index (Phi) is 5.44. The van der Waals surface area contributed by atoms with E-state index in [9.17, 15) is 14.3 Å². The zero-order valence-electron chi connectivity index (χ0n) is 11.4. The van der Waals surface area contributed by atoms with Gasteiger partial charge in [0.05, 0.1) is 5.56 Å². The first kappa shape index (κ1) is 15.6. The lowest BCUT2D eigenvalue weighted by Gasteiger charge is -2.23. The van der Waals surface area contributed by atoms with Crippen LogP contribution in [0.5, 0.6) is 5.75 Å². The van der Waals surface area contributed by atoms with Gasteiger partial charge in [0.15, 0.2) is 6.29 Å². The lowest BCUT2D eigenvalue weighted by molar-refractivity contribution is 0.0980. The number of aldehydes is 1. The van der Waals surface area contributed by atoms with Crippen LogP contribution in [0.4, 0.5) is 4.39 Å². The largest absolute Gasteiger partial charge is 0.490 e. The molecule has 1 aromatic carbocycles. The average molecular weight is 269 g/mol. The molecule has 0 saturated carbocycles. The van der Waals surface area contributed by atoms with Gasteiger partial charge in [-0.1, -0.05) is 0 Å². The van der Waals surface area contributed by atoms with Crippen molar-refractivity contribution in [2.24, 2.45) is 0 Å². The number of carbonyl (C=O) groups is 1. The van der Waals surface area contributed by atoms with Crippen LogP contribution >= 0.6 is 0 Å². The average Bonchev–Trinajstić information content (AvgIpc) is 2.33. The molecule has 0 saturated heterocycles. The van der Waals surface area contributed by atoms with Crippen LogP contribution in [0.2, 0.25) is 0 Å². The lowest BCUT2D eigenvalue weighted by Crippen LogP contribution is -2.42. The third-order valence-electron chi connectivity index (χ3n) is 2.40. The molecule has 0 radical (unpaired) electrons. The highest BCUT2D eigenvalue weighted by Gasteiger charge is 2.13. The maximum Gasteiger partial charge on any atom is 0.153 e. The number of rotatable bonds is 6. The van der Waals surface area contributed by atoms with Gasteiger partial charge in [-0.05, 0) is 39.0 Å². The summed E-state index contributed by atoms with van der Waals surface area (Å²) in [5, 5.41) is 12.9. The molecule has 0 fully saturated rings. The minimum atomic E-state index is -0.705. The first-order chi connectivity index (χ1) is 8.81. The van der Waals surface area contributed by atoms with E-state index in [2.05, 4.69) is 5.32 Å². The van der Waals surface area contributed by atoms with E-state index in [1.54, 1.807) is 0 Å². The van der Waals surface area contributed by atoms with Crippen molar-refractivity contribution in [1.29, 1.82) is 0 Å². The van der Waals surface area contributed by atoms with E-state index in [0.717, 1.165) is 6.07 Å². The van der Waals surface area contributed by atoms with Crippen LogP contribution < -0.4 is 10.1 Å². The SMILES string of the molecule is CC(C)(C)NCC(O)COc1ccc(F)cc1C=O. The molecule has 0 bridgehead atoms. The molecule has 0 amide bonds. The van der Waals surface area contributed by atoms with Crippen molar-refractivity contribution in [3.05, 3.63) is 29.6 Å². The summed E-state index contributed by atoms with van der Waals surface area (Å²) in [5.41, 5.74) is 0.0427. The van der Waals surface area contributed by atoms with E-state index in [0.29, 0.717) is 12.8 Å². The van der Waals surface area contributed by atoms with Crippen LogP contribution in [0.3, 0.4) is 0 Å². The van der Waals surface area contributed by atoms with Crippen LogP contribution in [0.1, 0.15) is 31.1 Å². The minimum Gasteiger partial charge on any atom is -0.490 e. The molecule has 4 nitrogen and oxygen atoms in total. The number of aliphatic hydroxyl groups is 1. The minimum absolute atomic E-state index is 0.0373. The van der Waals surface area contributed by atoms with Gasteiger partial charge in [-0.2, -0.15) is 0 Å². The normalized spacial score (nSPS) is 13.1. The highest BCUT2D eigenvalue weighted by molar-refractivity contribution is 5.79. The molecule has 2 N–H and O–H groups in total. The standard InChI is InChI=1S/C14H20FNO3/c1-14(2,3)16-7-12(18)9-19-13-5-4-11(15)6-10(13)8-17/h4-6,8,12,16,18H,7,9H2,1-3H3. The smallest absolute Gasteiger partial charge is 0.153 e. The van der Waals surface area contributed by atoms with Gasteiger partial charge < -0.3 is 15.2 Å². The van der Waals surface area contributed by atoms with Gasteiger partial charge in [-0.3, -0.25) is 4.79 Å². The van der Waals surface area contributed by atoms with Crippen LogP contribution in [0.25, 0.3) is 0 Å². The summed E-state index contributed by atoms with van der Waals surface area (Å²) < 4.78 is 18.2. The quantitative estimate of drug-likeness (QED) is 0.773. The topological polar surface area (TPSA) is 58.6 Å². The number of hydrogen-bond acceptors (Lipinski definition) is 4. The van der Waals surface area contributed by atoms with Crippen LogP contribution in [-0.2, 0) is 0 Å². The van der Waals surface area contributed by atoms with Gasteiger partial charge in [0.1, 0.15) is 24.3 Å². The summed E-state index contributed by atoms with van der Waals surface area (Å²) in [7, 11) is 0. The molecule has 0 spiro atoms. The summed E-state index contributed by atoms with van der Waals surface area (Å²) in [5.74, 6) is -0.226. The monoisotopic (exact) mass is 269 g/mol. The van der Waals surface area contributed by atoms with E-state index in [-0.39, 0.29) is 23.5 Å². The van der Waals surface area contributed by atoms with Gasteiger partial charge >= 0.3 is 0 Å². The molecule has 0 aromatic heterocycles. The zero-order chi connectivity index (χ0) is 14.5. The van der Waals surface area contributed by atoms with Gasteiger partial charge in [0.2, 0.25) is 0 Å². The molecule has 5 heteroatoms. The Morgan fingerprint density at radius 1 is 1.47 bits per heavy atom. The Bertz CT molecular complexity index is 429. The van der Waals surface area contributed by atoms with E-state index in [1.165, 1.54) is 12.1 Å². The number of aliphatic hydroxyl groups excluding tert-OH is 1. The first-order valence-electron chi connectivity index (χ1n) is 6.12. The molecule has 0 aliphatic carbocycles. The first-order valence-corrected chi connectivity index (χ1v) is 6.12. The number of benzene rings is 1. The predicted octanol–water partition coefficient (Wildman–Crippen LogP) is 1.77. The Morgan fingerprint density at radius 2 is 2.16 bits per heavy atom. The number of ether oxygens (including phenoxy) is 1. The summed E-state index contributed by atoms with van der Waals surface area (Å²) in [6, 6.07) is 3.69. The Hall–Kier alpha value is -1.46. The number of carbonyl (C=O) groups excluding carboxylic acids is 1. The predicted molar refractivity (Wildman–Crippen MR) is 71.0 cm³/mol. The number of halogens is 1. The maximum atomic E-state index is 12.9. The van der Waals surface area contributed by atoms with E-state index >= 15 is 0 Å². The van der Waals surface area contributed by atoms with Gasteiger partial charge in [-0.25, -0.2) is 4.39 Å². The van der Waals surface area contributed by atoms with Gasteiger partial charge in [0.25, 0.3) is 0 Å². The lowest BCUT2D eigenvalue weighted by atomic mass is 10.1. The second-order valence-corrected chi connectivity index (χ2v) is 5.40. The third-order valence-corrected chi connectivity index (χ3v) is 2.40. The van der Waals surface area contributed by atoms with Gasteiger partial charge in [-0.15, -0.1) is 0 Å². The van der Waals surface area contributed by atoms with Crippen molar-refractivity contribution < 1.29 is 19.0 Å². The van der Waals surface area contributed by atoms with Crippen LogP contribution in [-0.4, -0.2) is 36.2 Å². The van der Waals surface area contributed by atoms with Crippen LogP contribution in [0.15, 0.2) is 18.2 Å². The molecule has 1 aromatic rings. The Balaban J connectivity index is 2.50. The number of β-amino-alcohol motifs (C(OH)–C–C–N with tert-alkyl or cyclic N) is 1. The van der Waals surface area contributed by atoms with E-state index in [4.69, 9.17) is 4.74 Å². The molecule has 1 atom stereocenters. The Labute approximate surface area is 112 Å². The van der Waals surface area contributed by atoms with Crippen molar-refractivity contribution in [3.8, 4) is 5.75 Å². The molecule has 106 valence electrons. The van der Waals surface area contributed by atoms with Gasteiger partial charge in [0, 0.05) is 12.1 Å². The van der Waals surface area contributed by atoms with E-state index < -0.39 is 11.9 Å². The molecular formula is C14H20FNO3. The molecule has 0 aliphatic heterocycles. The molecular weight excluding hydrogens is 249 g/mol. The molecule has 1 rings (SSSR count). The maximum absolute atomic E-state index is 12.9. The summed E-state index contributed by atoms with van der Waals surface area (Å²) in [4.78, 5) is 10.8. The second kappa shape index (κ2) is 6.63. The number of nitrogens with one attached hydrogen (secondary N) is 1. The van der Waals surface area contributed by atoms with Crippen molar-refractivity contribution in [2.75, 3.05) is 13.2 Å². The fourth-order valence-electron chi connectivity index (χ4n) is 1.41. The highest BCUT2D eigenvalue weighted by Crippen LogP contribution is 2.17.